The molecule has 0 radical (unpaired) electrons. The van der Waals surface area contributed by atoms with Crippen molar-refractivity contribution in [2.24, 2.45) is 4.99 Å². The Morgan fingerprint density at radius 1 is 1.03 bits per heavy atom. The zero-order valence-corrected chi connectivity index (χ0v) is 21.6. The fraction of sp³-hybridized carbons (Fsp3) is 0.296. The summed E-state index contributed by atoms with van der Waals surface area (Å²) >= 11 is 0. The molecule has 0 unspecified atom stereocenters. The number of amides is 1. The van der Waals surface area contributed by atoms with Crippen molar-refractivity contribution in [2.75, 3.05) is 34.5 Å². The van der Waals surface area contributed by atoms with Crippen LogP contribution < -0.4 is 20.5 Å². The van der Waals surface area contributed by atoms with Crippen LogP contribution in [0.15, 0.2) is 58.4 Å². The van der Waals surface area contributed by atoms with Crippen LogP contribution in [-0.2, 0) is 16.0 Å². The highest BCUT2D eigenvalue weighted by atomic mass is 16.5. The highest BCUT2D eigenvalue weighted by molar-refractivity contribution is 5.99. The smallest absolute Gasteiger partial charge is 0.341 e. The van der Waals surface area contributed by atoms with Gasteiger partial charge in [0.05, 0.1) is 31.8 Å². The Labute approximate surface area is 217 Å². The molecule has 1 aromatic carbocycles. The van der Waals surface area contributed by atoms with Gasteiger partial charge in [0.1, 0.15) is 16.9 Å². The predicted molar refractivity (Wildman–Crippen MR) is 139 cm³/mol. The van der Waals surface area contributed by atoms with Crippen molar-refractivity contribution < 1.29 is 28.5 Å². The van der Waals surface area contributed by atoms with Gasteiger partial charge in [0.15, 0.2) is 17.0 Å². The number of carbonyl (C=O) groups is 2. The first-order chi connectivity index (χ1) is 18.4. The number of para-hydroxylation sites is 1. The van der Waals surface area contributed by atoms with Crippen LogP contribution in [0.3, 0.4) is 0 Å². The summed E-state index contributed by atoms with van der Waals surface area (Å²) in [5, 5.41) is 0.180. The summed E-state index contributed by atoms with van der Waals surface area (Å²) in [5.41, 5.74) is 0.409. The lowest BCUT2D eigenvalue weighted by atomic mass is 10.1. The van der Waals surface area contributed by atoms with Crippen molar-refractivity contribution in [3.63, 3.8) is 0 Å². The molecule has 0 N–H and O–H groups in total. The van der Waals surface area contributed by atoms with Crippen LogP contribution in [0.2, 0.25) is 0 Å². The van der Waals surface area contributed by atoms with E-state index in [1.54, 1.807) is 61.2 Å². The van der Waals surface area contributed by atoms with Gasteiger partial charge in [-0.25, -0.2) is 9.78 Å². The molecule has 0 aliphatic heterocycles. The van der Waals surface area contributed by atoms with Crippen molar-refractivity contribution in [3.8, 4) is 11.5 Å². The number of hydrogen-bond acceptors (Lipinski definition) is 8. The summed E-state index contributed by atoms with van der Waals surface area (Å²) < 4.78 is 24.2. The van der Waals surface area contributed by atoms with Gasteiger partial charge in [0, 0.05) is 26.5 Å². The normalized spacial score (nSPS) is 11.6. The van der Waals surface area contributed by atoms with E-state index in [9.17, 15) is 14.4 Å². The lowest BCUT2D eigenvalue weighted by Crippen LogP contribution is -2.33. The van der Waals surface area contributed by atoms with Gasteiger partial charge in [-0.2, -0.15) is 4.99 Å². The minimum Gasteiger partial charge on any atom is -0.493 e. The number of hydrogen-bond donors (Lipinski definition) is 0. The van der Waals surface area contributed by atoms with Crippen LogP contribution in [0.25, 0.3) is 16.7 Å². The molecule has 3 aromatic heterocycles. The second kappa shape index (κ2) is 11.7. The molecule has 0 saturated heterocycles. The second-order valence-corrected chi connectivity index (χ2v) is 8.14. The molecule has 0 aliphatic rings. The Hall–Kier alpha value is -4.51. The molecule has 1 amide bonds. The van der Waals surface area contributed by atoms with Crippen LogP contribution in [-0.4, -0.2) is 60.4 Å². The Morgan fingerprint density at radius 2 is 1.84 bits per heavy atom. The molecule has 11 nitrogen and oxygen atoms in total. The van der Waals surface area contributed by atoms with Crippen molar-refractivity contribution in [1.82, 2.24) is 14.0 Å². The molecule has 4 rings (SSSR count). The number of pyridine rings is 2. The molecule has 11 heteroatoms. The van der Waals surface area contributed by atoms with Gasteiger partial charge in [-0.05, 0) is 43.7 Å². The third-order valence-corrected chi connectivity index (χ3v) is 5.86. The number of nitrogens with zero attached hydrogens (tertiary/aromatic N) is 4. The number of carbonyl (C=O) groups excluding carboxylic acids is 2. The third-order valence-electron chi connectivity index (χ3n) is 5.86. The average molecular weight is 521 g/mol. The molecule has 0 bridgehead atoms. The highest BCUT2D eigenvalue weighted by Gasteiger charge is 2.22. The van der Waals surface area contributed by atoms with E-state index in [0.29, 0.717) is 24.4 Å². The van der Waals surface area contributed by atoms with Crippen LogP contribution in [0.5, 0.6) is 11.5 Å². The molecule has 198 valence electrons. The first kappa shape index (κ1) is 26.6. The maximum absolute atomic E-state index is 13.5. The van der Waals surface area contributed by atoms with E-state index in [1.165, 1.54) is 24.7 Å². The van der Waals surface area contributed by atoms with Crippen molar-refractivity contribution in [3.05, 3.63) is 75.6 Å². The Balaban J connectivity index is 2.10. The zero-order valence-electron chi connectivity index (χ0n) is 21.6. The van der Waals surface area contributed by atoms with E-state index < -0.39 is 11.9 Å². The standard InChI is InChI=1S/C27H28N4O7/c1-5-38-27(34)19-16-18-23(28-21-12-6-7-13-30(21)26(18)33)31(14-9-15-35-2)24(19)29-25(32)17-10-8-11-20(36-3)22(17)37-4/h6-8,10-13,16H,5,9,14-15H2,1-4H3. The van der Waals surface area contributed by atoms with Gasteiger partial charge < -0.3 is 23.5 Å². The molecule has 4 aromatic rings. The Bertz CT molecular complexity index is 1640. The summed E-state index contributed by atoms with van der Waals surface area (Å²) in [6.45, 7) is 2.40. The number of aromatic nitrogens is 3. The SMILES string of the molecule is CCOC(=O)c1cc2c(=O)n3ccccc3nc2n(CCCOC)c1=NC(=O)c1cccc(OC)c1OC. The monoisotopic (exact) mass is 520 g/mol. The molecule has 0 spiro atoms. The molecular formula is C27H28N4O7. The first-order valence-corrected chi connectivity index (χ1v) is 12.0. The van der Waals surface area contributed by atoms with E-state index in [4.69, 9.17) is 18.9 Å². The summed E-state index contributed by atoms with van der Waals surface area (Å²) in [5.74, 6) is -0.845. The summed E-state index contributed by atoms with van der Waals surface area (Å²) in [4.78, 5) is 49.1. The molecule has 0 fully saturated rings. The van der Waals surface area contributed by atoms with E-state index in [2.05, 4.69) is 9.98 Å². The lowest BCUT2D eigenvalue weighted by molar-refractivity contribution is 0.0523. The largest absolute Gasteiger partial charge is 0.493 e. The average Bonchev–Trinajstić information content (AvgIpc) is 2.93. The van der Waals surface area contributed by atoms with Gasteiger partial charge in [0.25, 0.3) is 11.5 Å². The van der Waals surface area contributed by atoms with Gasteiger partial charge in [0.2, 0.25) is 0 Å². The molecular weight excluding hydrogens is 492 g/mol. The van der Waals surface area contributed by atoms with E-state index in [1.807, 2.05) is 0 Å². The minimum atomic E-state index is -0.725. The topological polar surface area (TPSA) is 123 Å². The number of fused-ring (bicyclic) bond motifs is 2. The number of methoxy groups -OCH3 is 3. The zero-order chi connectivity index (χ0) is 27.2. The maximum Gasteiger partial charge on any atom is 0.341 e. The van der Waals surface area contributed by atoms with Crippen LogP contribution >= 0.6 is 0 Å². The summed E-state index contributed by atoms with van der Waals surface area (Å²) in [7, 11) is 4.45. The fourth-order valence-corrected chi connectivity index (χ4v) is 4.15. The predicted octanol–water partition coefficient (Wildman–Crippen LogP) is 2.62. The Kier molecular flexibility index (Phi) is 8.17. The van der Waals surface area contributed by atoms with Crippen LogP contribution in [0.4, 0.5) is 0 Å². The molecule has 0 saturated carbocycles. The van der Waals surface area contributed by atoms with E-state index >= 15 is 0 Å². The van der Waals surface area contributed by atoms with Gasteiger partial charge >= 0.3 is 5.97 Å². The quantitative estimate of drug-likeness (QED) is 0.188. The lowest BCUT2D eigenvalue weighted by Gasteiger charge is -2.15. The third kappa shape index (κ3) is 5.00. The number of benzene rings is 1. The molecule has 3 heterocycles. The van der Waals surface area contributed by atoms with Crippen molar-refractivity contribution in [1.29, 1.82) is 0 Å². The van der Waals surface area contributed by atoms with Gasteiger partial charge in [-0.15, -0.1) is 0 Å². The fourth-order valence-electron chi connectivity index (χ4n) is 4.15. The van der Waals surface area contributed by atoms with E-state index in [-0.39, 0.29) is 52.1 Å². The van der Waals surface area contributed by atoms with E-state index in [0.717, 1.165) is 0 Å². The molecule has 0 atom stereocenters. The number of esters is 1. The highest BCUT2D eigenvalue weighted by Crippen LogP contribution is 2.31. The van der Waals surface area contributed by atoms with Crippen LogP contribution in [0, 0.1) is 0 Å². The van der Waals surface area contributed by atoms with Crippen molar-refractivity contribution in [2.45, 2.75) is 19.9 Å². The summed E-state index contributed by atoms with van der Waals surface area (Å²) in [6, 6.07) is 11.4. The second-order valence-electron chi connectivity index (χ2n) is 8.14. The van der Waals surface area contributed by atoms with Gasteiger partial charge in [-0.3, -0.25) is 14.0 Å². The molecule has 38 heavy (non-hydrogen) atoms. The van der Waals surface area contributed by atoms with Crippen molar-refractivity contribution >= 4 is 28.6 Å². The number of ether oxygens (including phenoxy) is 4. The maximum atomic E-state index is 13.5. The Morgan fingerprint density at radius 3 is 2.55 bits per heavy atom. The number of rotatable bonds is 9. The first-order valence-electron chi connectivity index (χ1n) is 12.0. The minimum absolute atomic E-state index is 0.00843. The van der Waals surface area contributed by atoms with Crippen LogP contribution in [0.1, 0.15) is 34.1 Å². The summed E-state index contributed by atoms with van der Waals surface area (Å²) in [6.07, 6.45) is 2.10. The van der Waals surface area contributed by atoms with Gasteiger partial charge in [-0.1, -0.05) is 12.1 Å². The number of aryl methyl sites for hydroxylation is 1. The molecule has 0 aliphatic carbocycles.